The first kappa shape index (κ1) is 27.8. The molecule has 0 aliphatic carbocycles. The largest absolute Gasteiger partial charge is 0.481 e. The highest BCUT2D eigenvalue weighted by molar-refractivity contribution is 9.10. The maximum absolute atomic E-state index is 11.7. The zero-order chi connectivity index (χ0) is 29.3. The number of benzene rings is 4. The number of imidazole rings is 1. The average molecular weight is 639 g/mol. The zero-order valence-corrected chi connectivity index (χ0v) is 25.2. The molecule has 0 saturated carbocycles. The van der Waals surface area contributed by atoms with Gasteiger partial charge in [0.25, 0.3) is 0 Å². The molecule has 43 heavy (non-hydrogen) atoms. The molecule has 1 aromatic heterocycles. The van der Waals surface area contributed by atoms with Crippen molar-refractivity contribution in [3.05, 3.63) is 129 Å². The molecule has 0 spiro atoms. The number of nitrogens with zero attached hydrogens (tertiary/aromatic N) is 3. The van der Waals surface area contributed by atoms with Crippen LogP contribution in [0, 0.1) is 0 Å². The van der Waals surface area contributed by atoms with Crippen molar-refractivity contribution in [2.45, 2.75) is 44.7 Å². The summed E-state index contributed by atoms with van der Waals surface area (Å²) >= 11 is 3.55. The summed E-state index contributed by atoms with van der Waals surface area (Å²) in [6.07, 6.45) is 1.85. The van der Waals surface area contributed by atoms with Gasteiger partial charge in [0, 0.05) is 24.2 Å². The number of carbonyl (C=O) groups is 1. The van der Waals surface area contributed by atoms with Crippen LogP contribution in [0.5, 0.6) is 5.75 Å². The van der Waals surface area contributed by atoms with Gasteiger partial charge < -0.3 is 19.1 Å². The summed E-state index contributed by atoms with van der Waals surface area (Å²) < 4.78 is 15.6. The number of carboxylic acid groups (broad SMARTS) is 1. The minimum absolute atomic E-state index is 0.134. The molecular formula is C35H32BrN3O4. The molecule has 7 rings (SSSR count). The predicted octanol–water partition coefficient (Wildman–Crippen LogP) is 7.01. The highest BCUT2D eigenvalue weighted by Gasteiger charge is 2.25. The molecule has 1 saturated heterocycles. The van der Waals surface area contributed by atoms with Crippen molar-refractivity contribution in [2.24, 2.45) is 0 Å². The molecule has 0 amide bonds. The first-order valence-corrected chi connectivity index (χ1v) is 15.4. The lowest BCUT2D eigenvalue weighted by atomic mass is 9.98. The molecule has 3 heterocycles. The molecule has 5 aromatic rings. The van der Waals surface area contributed by atoms with Crippen LogP contribution in [0.1, 0.15) is 51.0 Å². The molecule has 7 nitrogen and oxygen atoms in total. The number of carboxylic acids is 1. The van der Waals surface area contributed by atoms with Gasteiger partial charge in [0.1, 0.15) is 17.7 Å². The van der Waals surface area contributed by atoms with Crippen molar-refractivity contribution in [1.82, 2.24) is 14.5 Å². The third-order valence-electron chi connectivity index (χ3n) is 8.42. The van der Waals surface area contributed by atoms with Crippen LogP contribution in [-0.2, 0) is 30.8 Å². The maximum Gasteiger partial charge on any atom is 0.335 e. The minimum Gasteiger partial charge on any atom is -0.481 e. The van der Waals surface area contributed by atoms with E-state index < -0.39 is 5.97 Å². The third kappa shape index (κ3) is 5.95. The van der Waals surface area contributed by atoms with Crippen molar-refractivity contribution in [1.29, 1.82) is 0 Å². The van der Waals surface area contributed by atoms with Crippen LogP contribution >= 0.6 is 15.9 Å². The lowest BCUT2D eigenvalue weighted by Crippen LogP contribution is -2.34. The standard InChI is InChI=1S/C35H32BrN3O4/c36-28-10-6-25(7-11-28)34(24-4-2-1-3-5-24)43-29-12-8-23-14-16-38(20-27(23)18-29)22-33-37-31-13-9-26(35(40)41)19-32(31)39(33)21-30-15-17-42-30/h1-13,18-19,30,34H,14-17,20-22H2,(H,40,41)/t30-,34?/m0/s1. The second-order valence-corrected chi connectivity index (χ2v) is 12.2. The number of halogens is 1. The minimum atomic E-state index is -0.934. The Kier molecular flexibility index (Phi) is 7.74. The van der Waals surface area contributed by atoms with Gasteiger partial charge in [0.05, 0.1) is 35.8 Å². The van der Waals surface area contributed by atoms with Gasteiger partial charge in [0.15, 0.2) is 0 Å². The van der Waals surface area contributed by atoms with Crippen LogP contribution in [0.25, 0.3) is 11.0 Å². The number of ether oxygens (including phenoxy) is 2. The van der Waals surface area contributed by atoms with Crippen LogP contribution in [0.4, 0.5) is 0 Å². The van der Waals surface area contributed by atoms with Crippen molar-refractivity contribution >= 4 is 32.9 Å². The van der Waals surface area contributed by atoms with E-state index in [9.17, 15) is 9.90 Å². The van der Waals surface area contributed by atoms with E-state index in [1.165, 1.54) is 11.1 Å². The normalized spacial score (nSPS) is 17.3. The summed E-state index contributed by atoms with van der Waals surface area (Å²) in [4.78, 5) is 19.0. The number of hydrogen-bond acceptors (Lipinski definition) is 5. The summed E-state index contributed by atoms with van der Waals surface area (Å²) in [5, 5.41) is 9.58. The Morgan fingerprint density at radius 1 is 1.00 bits per heavy atom. The highest BCUT2D eigenvalue weighted by Crippen LogP contribution is 2.32. The fraction of sp³-hybridized carbons (Fsp3) is 0.257. The van der Waals surface area contributed by atoms with E-state index >= 15 is 0 Å². The first-order valence-electron chi connectivity index (χ1n) is 14.7. The Bertz CT molecular complexity index is 1770. The molecule has 1 fully saturated rings. The fourth-order valence-electron chi connectivity index (χ4n) is 5.99. The molecule has 2 atom stereocenters. The number of aromatic carboxylic acids is 1. The van der Waals surface area contributed by atoms with E-state index in [1.54, 1.807) is 12.1 Å². The Hall–Kier alpha value is -3.98. The molecule has 218 valence electrons. The van der Waals surface area contributed by atoms with Gasteiger partial charge in [-0.15, -0.1) is 0 Å². The fourth-order valence-corrected chi connectivity index (χ4v) is 6.26. The number of aromatic nitrogens is 2. The van der Waals surface area contributed by atoms with Crippen molar-refractivity contribution < 1.29 is 19.4 Å². The summed E-state index contributed by atoms with van der Waals surface area (Å²) in [6, 6.07) is 30.2. The van der Waals surface area contributed by atoms with Crippen LogP contribution in [0.15, 0.2) is 95.5 Å². The molecule has 1 unspecified atom stereocenters. The van der Waals surface area contributed by atoms with Crippen LogP contribution in [0.3, 0.4) is 0 Å². The van der Waals surface area contributed by atoms with E-state index in [0.29, 0.717) is 13.1 Å². The molecule has 8 heteroatoms. The number of hydrogen-bond donors (Lipinski definition) is 1. The van der Waals surface area contributed by atoms with E-state index in [4.69, 9.17) is 14.5 Å². The Labute approximate surface area is 258 Å². The summed E-state index contributed by atoms with van der Waals surface area (Å²) in [6.45, 7) is 3.81. The Morgan fingerprint density at radius 3 is 2.53 bits per heavy atom. The SMILES string of the molecule is O=C(O)c1ccc2nc(CN3CCc4ccc(OC(c5ccccc5)c5ccc(Br)cc5)cc4C3)n(C[C@@H]3CCO3)c2c1. The Morgan fingerprint density at radius 2 is 1.79 bits per heavy atom. The first-order chi connectivity index (χ1) is 21.0. The molecule has 0 bridgehead atoms. The van der Waals surface area contributed by atoms with Crippen LogP contribution in [-0.4, -0.2) is 44.8 Å². The van der Waals surface area contributed by atoms with E-state index in [0.717, 1.165) is 70.7 Å². The van der Waals surface area contributed by atoms with E-state index in [1.807, 2.05) is 36.4 Å². The summed E-state index contributed by atoms with van der Waals surface area (Å²) in [5.41, 5.74) is 6.71. The predicted molar refractivity (Wildman–Crippen MR) is 168 cm³/mol. The van der Waals surface area contributed by atoms with Gasteiger partial charge in [-0.1, -0.05) is 64.5 Å². The van der Waals surface area contributed by atoms with Crippen LogP contribution in [0.2, 0.25) is 0 Å². The maximum atomic E-state index is 11.7. The number of fused-ring (bicyclic) bond motifs is 2. The highest BCUT2D eigenvalue weighted by atomic mass is 79.9. The van der Waals surface area contributed by atoms with E-state index in [-0.39, 0.29) is 17.8 Å². The van der Waals surface area contributed by atoms with Crippen molar-refractivity contribution in [3.63, 3.8) is 0 Å². The lowest BCUT2D eigenvalue weighted by molar-refractivity contribution is -0.0592. The van der Waals surface area contributed by atoms with E-state index in [2.05, 4.69) is 67.9 Å². The average Bonchev–Trinajstić information content (AvgIpc) is 3.34. The lowest BCUT2D eigenvalue weighted by Gasteiger charge is -2.31. The quantitative estimate of drug-likeness (QED) is 0.187. The molecule has 4 aromatic carbocycles. The molecule has 0 radical (unpaired) electrons. The monoisotopic (exact) mass is 637 g/mol. The zero-order valence-electron chi connectivity index (χ0n) is 23.7. The number of rotatable bonds is 9. The molecular weight excluding hydrogens is 606 g/mol. The smallest absolute Gasteiger partial charge is 0.335 e. The second kappa shape index (κ2) is 12.0. The molecule has 1 N–H and O–H groups in total. The van der Waals surface area contributed by atoms with Gasteiger partial charge >= 0.3 is 5.97 Å². The van der Waals surface area contributed by atoms with Gasteiger partial charge in [-0.2, -0.15) is 0 Å². The third-order valence-corrected chi connectivity index (χ3v) is 8.95. The van der Waals surface area contributed by atoms with Gasteiger partial charge in [-0.3, -0.25) is 4.90 Å². The van der Waals surface area contributed by atoms with Gasteiger partial charge in [0.2, 0.25) is 0 Å². The van der Waals surface area contributed by atoms with Crippen molar-refractivity contribution in [2.75, 3.05) is 13.2 Å². The molecule has 2 aliphatic heterocycles. The van der Waals surface area contributed by atoms with Gasteiger partial charge in [-0.25, -0.2) is 9.78 Å². The summed E-state index contributed by atoms with van der Waals surface area (Å²) in [7, 11) is 0. The van der Waals surface area contributed by atoms with Crippen LogP contribution < -0.4 is 4.74 Å². The topological polar surface area (TPSA) is 76.8 Å². The molecule has 2 aliphatic rings. The second-order valence-electron chi connectivity index (χ2n) is 11.3. The summed E-state index contributed by atoms with van der Waals surface area (Å²) in [5.74, 6) is 0.840. The Balaban J connectivity index is 1.14. The van der Waals surface area contributed by atoms with Gasteiger partial charge in [-0.05, 0) is 77.6 Å². The van der Waals surface area contributed by atoms with Crippen molar-refractivity contribution in [3.8, 4) is 5.75 Å².